The number of nitrogens with two attached hydrogens (primary N) is 1. The lowest BCUT2D eigenvalue weighted by molar-refractivity contribution is 0.857. The van der Waals surface area contributed by atoms with E-state index in [0.29, 0.717) is 15.4 Å². The Balaban J connectivity index is 2.60. The summed E-state index contributed by atoms with van der Waals surface area (Å²) in [4.78, 5) is 7.76. The first kappa shape index (κ1) is 9.42. The highest BCUT2D eigenvalue weighted by Crippen LogP contribution is 2.21. The van der Waals surface area contributed by atoms with Crippen molar-refractivity contribution in [2.24, 2.45) is 0 Å². The number of hydrogen-bond donors (Lipinski definition) is 1. The van der Waals surface area contributed by atoms with Gasteiger partial charge in [-0.2, -0.15) is 4.98 Å². The highest BCUT2D eigenvalue weighted by Gasteiger charge is 2.09. The monoisotopic (exact) mass is 273 g/mol. The van der Waals surface area contributed by atoms with Crippen LogP contribution in [-0.4, -0.2) is 19.7 Å². The summed E-state index contributed by atoms with van der Waals surface area (Å²) >= 11 is 9.15. The van der Waals surface area contributed by atoms with E-state index in [-0.39, 0.29) is 5.95 Å². The van der Waals surface area contributed by atoms with E-state index < -0.39 is 0 Å². The van der Waals surface area contributed by atoms with E-state index in [2.05, 4.69) is 31.0 Å². The van der Waals surface area contributed by atoms with Crippen LogP contribution in [0.25, 0.3) is 5.69 Å². The summed E-state index contributed by atoms with van der Waals surface area (Å²) < 4.78 is 2.00. The van der Waals surface area contributed by atoms with Crippen molar-refractivity contribution in [1.82, 2.24) is 19.7 Å². The first-order chi connectivity index (χ1) is 6.68. The molecule has 72 valence electrons. The highest BCUT2D eigenvalue weighted by molar-refractivity contribution is 9.10. The molecule has 0 spiro atoms. The molecule has 2 rings (SSSR count). The largest absolute Gasteiger partial charge is 0.366 e. The van der Waals surface area contributed by atoms with Crippen molar-refractivity contribution in [2.45, 2.75) is 0 Å². The number of aromatic nitrogens is 4. The van der Waals surface area contributed by atoms with Gasteiger partial charge in [-0.05, 0) is 22.0 Å². The number of rotatable bonds is 1. The lowest BCUT2D eigenvalue weighted by Gasteiger charge is -2.02. The van der Waals surface area contributed by atoms with Crippen molar-refractivity contribution < 1.29 is 0 Å². The first-order valence-electron chi connectivity index (χ1n) is 3.66. The Hall–Kier alpha value is -1.14. The van der Waals surface area contributed by atoms with Gasteiger partial charge in [0.25, 0.3) is 0 Å². The quantitative estimate of drug-likeness (QED) is 0.858. The van der Waals surface area contributed by atoms with Crippen molar-refractivity contribution in [3.8, 4) is 5.69 Å². The molecule has 0 atom stereocenters. The van der Waals surface area contributed by atoms with E-state index >= 15 is 0 Å². The molecule has 0 bridgehead atoms. The van der Waals surface area contributed by atoms with Gasteiger partial charge in [0.1, 0.15) is 0 Å². The lowest BCUT2D eigenvalue weighted by Crippen LogP contribution is -1.98. The van der Waals surface area contributed by atoms with Crippen LogP contribution in [0.3, 0.4) is 0 Å². The van der Waals surface area contributed by atoms with Gasteiger partial charge in [0.2, 0.25) is 10.7 Å². The SMILES string of the molecule is Nc1nc(Br)n(-c2ccncc2Cl)n1. The van der Waals surface area contributed by atoms with Gasteiger partial charge < -0.3 is 5.73 Å². The molecule has 0 fully saturated rings. The Bertz CT molecular complexity index is 469. The van der Waals surface area contributed by atoms with Crippen LogP contribution >= 0.6 is 27.5 Å². The van der Waals surface area contributed by atoms with Gasteiger partial charge in [0, 0.05) is 12.4 Å². The molecule has 0 saturated carbocycles. The Morgan fingerprint density at radius 1 is 1.50 bits per heavy atom. The predicted molar refractivity (Wildman–Crippen MR) is 56.3 cm³/mol. The third-order valence-corrected chi connectivity index (χ3v) is 2.37. The van der Waals surface area contributed by atoms with E-state index in [0.717, 1.165) is 0 Å². The fourth-order valence-electron chi connectivity index (χ4n) is 1.00. The summed E-state index contributed by atoms with van der Waals surface area (Å²) in [6, 6.07) is 1.72. The minimum Gasteiger partial charge on any atom is -0.366 e. The number of nitrogens with zero attached hydrogens (tertiary/aromatic N) is 4. The summed E-state index contributed by atoms with van der Waals surface area (Å²) in [5.74, 6) is 0.185. The fourth-order valence-corrected chi connectivity index (χ4v) is 1.65. The molecule has 2 N–H and O–H groups in total. The molecule has 5 nitrogen and oxygen atoms in total. The maximum absolute atomic E-state index is 5.93. The van der Waals surface area contributed by atoms with E-state index in [1.165, 1.54) is 10.9 Å². The zero-order chi connectivity index (χ0) is 10.1. The van der Waals surface area contributed by atoms with Gasteiger partial charge >= 0.3 is 0 Å². The second-order valence-corrected chi connectivity index (χ2v) is 3.59. The molecule has 0 aliphatic rings. The fraction of sp³-hybridized carbons (Fsp3) is 0. The molecular formula is C7H5BrClN5. The van der Waals surface area contributed by atoms with Crippen LogP contribution in [0.15, 0.2) is 23.2 Å². The molecule has 2 heterocycles. The number of anilines is 1. The zero-order valence-corrected chi connectivity index (χ0v) is 9.20. The average Bonchev–Trinajstić information content (AvgIpc) is 2.46. The summed E-state index contributed by atoms with van der Waals surface area (Å²) in [6.45, 7) is 0. The predicted octanol–water partition coefficient (Wildman–Crippen LogP) is 1.66. The first-order valence-corrected chi connectivity index (χ1v) is 4.83. The van der Waals surface area contributed by atoms with Crippen LogP contribution in [0.2, 0.25) is 5.02 Å². The Morgan fingerprint density at radius 3 is 2.86 bits per heavy atom. The molecule has 0 radical (unpaired) electrons. The number of pyridine rings is 1. The molecule has 14 heavy (non-hydrogen) atoms. The van der Waals surface area contributed by atoms with Crippen molar-refractivity contribution in [2.75, 3.05) is 5.73 Å². The van der Waals surface area contributed by atoms with Gasteiger partial charge in [-0.15, -0.1) is 5.10 Å². The maximum Gasteiger partial charge on any atom is 0.240 e. The third-order valence-electron chi connectivity index (χ3n) is 1.56. The van der Waals surface area contributed by atoms with Crippen LogP contribution in [0, 0.1) is 0 Å². The molecule has 7 heteroatoms. The minimum absolute atomic E-state index is 0.185. The maximum atomic E-state index is 5.93. The van der Waals surface area contributed by atoms with E-state index in [1.807, 2.05) is 0 Å². The Kier molecular flexibility index (Phi) is 2.39. The van der Waals surface area contributed by atoms with E-state index in [9.17, 15) is 0 Å². The standard InChI is InChI=1S/C7H5BrClN5/c8-6-12-7(10)13-14(6)5-1-2-11-3-4(5)9/h1-3H,(H2,10,13). The van der Waals surface area contributed by atoms with Gasteiger partial charge in [-0.1, -0.05) is 11.6 Å². The zero-order valence-electron chi connectivity index (χ0n) is 6.85. The van der Waals surface area contributed by atoms with Crippen LogP contribution in [-0.2, 0) is 0 Å². The summed E-state index contributed by atoms with van der Waals surface area (Å²) in [5, 5.41) is 4.45. The number of halogens is 2. The smallest absolute Gasteiger partial charge is 0.240 e. The molecule has 0 saturated heterocycles. The van der Waals surface area contributed by atoms with Crippen molar-refractivity contribution in [1.29, 1.82) is 0 Å². The molecule has 0 aromatic carbocycles. The number of nitrogen functional groups attached to an aromatic ring is 1. The third kappa shape index (κ3) is 1.58. The molecule has 2 aromatic rings. The topological polar surface area (TPSA) is 69.6 Å². The lowest BCUT2D eigenvalue weighted by atomic mass is 10.4. The molecule has 0 amide bonds. The Morgan fingerprint density at radius 2 is 2.29 bits per heavy atom. The van der Waals surface area contributed by atoms with Gasteiger partial charge in [0.05, 0.1) is 10.7 Å². The minimum atomic E-state index is 0.185. The number of hydrogen-bond acceptors (Lipinski definition) is 4. The summed E-state index contributed by atoms with van der Waals surface area (Å²) in [6.07, 6.45) is 3.15. The summed E-state index contributed by atoms with van der Waals surface area (Å²) in [7, 11) is 0. The average molecular weight is 275 g/mol. The van der Waals surface area contributed by atoms with Gasteiger partial charge in [-0.25, -0.2) is 4.68 Å². The second-order valence-electron chi connectivity index (χ2n) is 2.48. The van der Waals surface area contributed by atoms with Crippen LogP contribution in [0.5, 0.6) is 0 Å². The molecule has 2 aromatic heterocycles. The van der Waals surface area contributed by atoms with Crippen molar-refractivity contribution in [3.05, 3.63) is 28.2 Å². The van der Waals surface area contributed by atoms with Crippen LogP contribution < -0.4 is 5.73 Å². The summed E-state index contributed by atoms with van der Waals surface area (Å²) in [5.41, 5.74) is 6.11. The van der Waals surface area contributed by atoms with Gasteiger partial charge in [-0.3, -0.25) is 4.98 Å². The van der Waals surface area contributed by atoms with E-state index in [4.69, 9.17) is 17.3 Å². The molecule has 0 aliphatic heterocycles. The van der Waals surface area contributed by atoms with Crippen molar-refractivity contribution >= 4 is 33.5 Å². The van der Waals surface area contributed by atoms with Gasteiger partial charge in [0.15, 0.2) is 0 Å². The van der Waals surface area contributed by atoms with Crippen LogP contribution in [0.1, 0.15) is 0 Å². The normalized spacial score (nSPS) is 10.4. The second kappa shape index (κ2) is 3.55. The molecule has 0 unspecified atom stereocenters. The van der Waals surface area contributed by atoms with Crippen molar-refractivity contribution in [3.63, 3.8) is 0 Å². The van der Waals surface area contributed by atoms with Crippen LogP contribution in [0.4, 0.5) is 5.95 Å². The molecule has 0 aliphatic carbocycles. The molecular weight excluding hydrogens is 269 g/mol. The highest BCUT2D eigenvalue weighted by atomic mass is 79.9. The van der Waals surface area contributed by atoms with E-state index in [1.54, 1.807) is 12.3 Å². The Labute approximate surface area is 93.0 Å².